The van der Waals surface area contributed by atoms with E-state index in [2.05, 4.69) is 15.1 Å². The molecule has 8 nitrogen and oxygen atoms in total. The van der Waals surface area contributed by atoms with Crippen LogP contribution < -0.4 is 4.90 Å². The van der Waals surface area contributed by atoms with E-state index >= 15 is 0 Å². The van der Waals surface area contributed by atoms with Gasteiger partial charge in [-0.05, 0) is 24.5 Å². The van der Waals surface area contributed by atoms with Crippen molar-refractivity contribution in [3.8, 4) is 11.5 Å². The Morgan fingerprint density at radius 1 is 1.32 bits per heavy atom. The number of aromatic nitrogens is 4. The van der Waals surface area contributed by atoms with Gasteiger partial charge in [0, 0.05) is 26.9 Å². The summed E-state index contributed by atoms with van der Waals surface area (Å²) >= 11 is 0. The number of carboxylic acids is 1. The number of hydrogen-bond acceptors (Lipinski definition) is 6. The van der Waals surface area contributed by atoms with Gasteiger partial charge in [0.2, 0.25) is 0 Å². The van der Waals surface area contributed by atoms with Crippen LogP contribution in [0.15, 0.2) is 36.1 Å². The molecule has 0 bridgehead atoms. The Morgan fingerprint density at radius 3 is 2.71 bits per heavy atom. The number of carboxylic acid groups (broad SMARTS) is 1. The monoisotopic (exact) mass is 471 g/mol. The van der Waals surface area contributed by atoms with Crippen molar-refractivity contribution in [3.63, 3.8) is 0 Å². The molecular weight excluding hydrogens is 444 g/mol. The second-order valence-electron chi connectivity index (χ2n) is 9.02. The zero-order valence-electron chi connectivity index (χ0n) is 19.2. The summed E-state index contributed by atoms with van der Waals surface area (Å²) in [7, 11) is 1.60. The minimum atomic E-state index is -1.16. The van der Waals surface area contributed by atoms with Crippen molar-refractivity contribution >= 4 is 17.6 Å². The summed E-state index contributed by atoms with van der Waals surface area (Å²) < 4.78 is 30.3. The quantitative estimate of drug-likeness (QED) is 0.581. The van der Waals surface area contributed by atoms with Crippen LogP contribution in [-0.2, 0) is 11.3 Å². The number of hydrogen-bond donors (Lipinski definition) is 1. The van der Waals surface area contributed by atoms with E-state index in [0.29, 0.717) is 18.4 Å². The van der Waals surface area contributed by atoms with Crippen molar-refractivity contribution in [2.24, 2.45) is 5.41 Å². The molecule has 0 radical (unpaired) electrons. The van der Waals surface area contributed by atoms with Crippen LogP contribution in [-0.4, -0.2) is 56.4 Å². The molecule has 34 heavy (non-hydrogen) atoms. The van der Waals surface area contributed by atoms with E-state index in [1.54, 1.807) is 25.3 Å². The van der Waals surface area contributed by atoms with Gasteiger partial charge < -0.3 is 10.0 Å². The van der Waals surface area contributed by atoms with Gasteiger partial charge in [-0.1, -0.05) is 31.1 Å². The lowest BCUT2D eigenvalue weighted by Crippen LogP contribution is -2.40. The standard InChI is InChI=1S/C24H27F2N5O3/c1-15(32)20-11-19(29-31(20)13-16-7-3-4-8-17(16)25)21-27-12-18(26)22(28-21)30(2)14-24(23(33)34)9-5-6-10-24/h3-4,7,11-12,17H,5-6,8-10,13-14H2,1-2H3,(H,33,34). The van der Waals surface area contributed by atoms with Crippen LogP contribution in [0.25, 0.3) is 11.5 Å². The second kappa shape index (κ2) is 9.44. The second-order valence-corrected chi connectivity index (χ2v) is 9.02. The molecule has 1 atom stereocenters. The van der Waals surface area contributed by atoms with Crippen molar-refractivity contribution in [2.75, 3.05) is 18.5 Å². The van der Waals surface area contributed by atoms with Gasteiger partial charge >= 0.3 is 5.97 Å². The molecule has 2 aromatic heterocycles. The summed E-state index contributed by atoms with van der Waals surface area (Å²) in [5, 5.41) is 14.2. The van der Waals surface area contributed by atoms with Crippen LogP contribution in [0.3, 0.4) is 0 Å². The molecule has 0 amide bonds. The molecule has 180 valence electrons. The first-order chi connectivity index (χ1) is 16.2. The molecule has 0 saturated heterocycles. The zero-order valence-corrected chi connectivity index (χ0v) is 19.2. The van der Waals surface area contributed by atoms with E-state index in [0.717, 1.165) is 19.0 Å². The Morgan fingerprint density at radius 2 is 2.06 bits per heavy atom. The summed E-state index contributed by atoms with van der Waals surface area (Å²) in [4.78, 5) is 34.0. The summed E-state index contributed by atoms with van der Waals surface area (Å²) in [5.74, 6) is -1.79. The van der Waals surface area contributed by atoms with Gasteiger partial charge in [-0.3, -0.25) is 14.3 Å². The van der Waals surface area contributed by atoms with E-state index in [1.807, 2.05) is 0 Å². The molecule has 2 heterocycles. The van der Waals surface area contributed by atoms with Crippen LogP contribution in [0.2, 0.25) is 0 Å². The molecule has 2 aliphatic rings. The Labute approximate surface area is 196 Å². The Balaban J connectivity index is 1.64. The van der Waals surface area contributed by atoms with Gasteiger partial charge in [0.1, 0.15) is 17.6 Å². The predicted molar refractivity (Wildman–Crippen MR) is 122 cm³/mol. The van der Waals surface area contributed by atoms with Crippen LogP contribution in [0.4, 0.5) is 14.6 Å². The number of anilines is 1. The maximum absolute atomic E-state index is 14.7. The van der Waals surface area contributed by atoms with Gasteiger partial charge in [0.25, 0.3) is 0 Å². The molecule has 1 unspecified atom stereocenters. The first-order valence-corrected chi connectivity index (χ1v) is 11.3. The van der Waals surface area contributed by atoms with Crippen LogP contribution >= 0.6 is 0 Å². The van der Waals surface area contributed by atoms with Crippen molar-refractivity contribution in [3.05, 3.63) is 47.6 Å². The first-order valence-electron chi connectivity index (χ1n) is 11.3. The maximum Gasteiger partial charge on any atom is 0.311 e. The van der Waals surface area contributed by atoms with E-state index in [-0.39, 0.29) is 48.3 Å². The van der Waals surface area contributed by atoms with Crippen molar-refractivity contribution in [1.82, 2.24) is 19.7 Å². The number of allylic oxidation sites excluding steroid dienone is 4. The Bertz CT molecular complexity index is 1170. The lowest BCUT2D eigenvalue weighted by atomic mass is 9.86. The van der Waals surface area contributed by atoms with Crippen LogP contribution in [0.5, 0.6) is 0 Å². The zero-order chi connectivity index (χ0) is 24.5. The molecule has 10 heteroatoms. The summed E-state index contributed by atoms with van der Waals surface area (Å²) in [6, 6.07) is 1.50. The molecule has 1 fully saturated rings. The summed E-state index contributed by atoms with van der Waals surface area (Å²) in [6.07, 6.45) is 7.97. The molecule has 1 N–H and O–H groups in total. The number of rotatable bonds is 8. The van der Waals surface area contributed by atoms with Crippen molar-refractivity contribution < 1.29 is 23.5 Å². The highest BCUT2D eigenvalue weighted by atomic mass is 19.1. The fourth-order valence-corrected chi connectivity index (χ4v) is 4.67. The largest absolute Gasteiger partial charge is 0.481 e. The Hall–Kier alpha value is -3.43. The lowest BCUT2D eigenvalue weighted by molar-refractivity contribution is -0.148. The number of carbonyl (C=O) groups excluding carboxylic acids is 1. The maximum atomic E-state index is 14.7. The van der Waals surface area contributed by atoms with Gasteiger partial charge in [-0.15, -0.1) is 0 Å². The molecule has 4 rings (SSSR count). The number of carbonyl (C=O) groups is 2. The molecule has 0 aliphatic heterocycles. The van der Waals surface area contributed by atoms with Gasteiger partial charge in [-0.25, -0.2) is 18.7 Å². The van der Waals surface area contributed by atoms with E-state index in [1.165, 1.54) is 22.6 Å². The van der Waals surface area contributed by atoms with E-state index < -0.39 is 23.4 Å². The number of aliphatic carboxylic acids is 1. The lowest BCUT2D eigenvalue weighted by Gasteiger charge is -2.30. The van der Waals surface area contributed by atoms with E-state index in [9.17, 15) is 23.5 Å². The minimum Gasteiger partial charge on any atom is -0.481 e. The third kappa shape index (κ3) is 4.62. The van der Waals surface area contributed by atoms with Crippen LogP contribution in [0, 0.1) is 11.2 Å². The summed E-state index contributed by atoms with van der Waals surface area (Å²) in [6.45, 7) is 1.59. The Kier molecular flexibility index (Phi) is 6.58. The highest BCUT2D eigenvalue weighted by molar-refractivity contribution is 5.93. The molecular formula is C24H27F2N5O3. The highest BCUT2D eigenvalue weighted by Gasteiger charge is 2.42. The fraction of sp³-hybridized carbons (Fsp3) is 0.458. The number of ketones is 1. The smallest absolute Gasteiger partial charge is 0.311 e. The van der Waals surface area contributed by atoms with Crippen LogP contribution in [0.1, 0.15) is 49.5 Å². The van der Waals surface area contributed by atoms with Gasteiger partial charge in [0.05, 0.1) is 18.2 Å². The third-order valence-electron chi connectivity index (χ3n) is 6.54. The molecule has 2 aliphatic carbocycles. The molecule has 2 aromatic rings. The fourth-order valence-electron chi connectivity index (χ4n) is 4.67. The molecule has 0 aromatic carbocycles. The molecule has 0 spiro atoms. The molecule has 1 saturated carbocycles. The predicted octanol–water partition coefficient (Wildman–Crippen LogP) is 3.99. The van der Waals surface area contributed by atoms with Crippen molar-refractivity contribution in [2.45, 2.75) is 51.7 Å². The third-order valence-corrected chi connectivity index (χ3v) is 6.54. The van der Waals surface area contributed by atoms with Crippen molar-refractivity contribution in [1.29, 1.82) is 0 Å². The summed E-state index contributed by atoms with van der Waals surface area (Å²) in [5.41, 5.74) is 0.0590. The topological polar surface area (TPSA) is 101 Å². The average molecular weight is 472 g/mol. The van der Waals surface area contributed by atoms with Gasteiger partial charge in [0.15, 0.2) is 23.2 Å². The number of alkyl halides is 1. The number of halogens is 2. The average Bonchev–Trinajstić information content (AvgIpc) is 3.44. The first kappa shape index (κ1) is 23.7. The number of Topliss-reactive ketones (excluding diaryl/α,β-unsaturated/α-hetero) is 1. The SMILES string of the molecule is CC(=O)c1cc(-c2ncc(F)c(N(C)CC3(C(=O)O)CCCC3)n2)nn1CC1=CC=CCC1F. The number of nitrogens with zero attached hydrogens (tertiary/aromatic N) is 5. The highest BCUT2D eigenvalue weighted by Crippen LogP contribution is 2.39. The van der Waals surface area contributed by atoms with E-state index in [4.69, 9.17) is 0 Å². The minimum absolute atomic E-state index is 0.0413. The van der Waals surface area contributed by atoms with Gasteiger partial charge in [-0.2, -0.15) is 5.10 Å². The normalized spacial score (nSPS) is 19.2.